The Bertz CT molecular complexity index is 549. The Morgan fingerprint density at radius 1 is 1.33 bits per heavy atom. The van der Waals surface area contributed by atoms with Gasteiger partial charge in [0.05, 0.1) is 0 Å². The van der Waals surface area contributed by atoms with Crippen molar-refractivity contribution in [2.45, 2.75) is 20.3 Å². The van der Waals surface area contributed by atoms with Crippen molar-refractivity contribution in [2.24, 2.45) is 0 Å². The maximum Gasteiger partial charge on any atom is 0.125 e. The average molecular weight is 325 g/mol. The largest absolute Gasteiger partial charge is 0.319 e. The summed E-state index contributed by atoms with van der Waals surface area (Å²) in [5.74, 6) is 0. The molecule has 0 fully saturated rings. The average Bonchev–Trinajstić information content (AvgIpc) is 2.71. The number of nitrogens with zero attached hydrogens (tertiary/aromatic N) is 1. The summed E-state index contributed by atoms with van der Waals surface area (Å²) in [6.45, 7) is 5.23. The fourth-order valence-electron chi connectivity index (χ4n) is 1.81. The van der Waals surface area contributed by atoms with Crippen LogP contribution in [0, 0.1) is 13.8 Å². The highest BCUT2D eigenvalue weighted by Crippen LogP contribution is 2.33. The number of hydrogen-bond acceptors (Lipinski definition) is 3. The van der Waals surface area contributed by atoms with E-state index in [1.165, 1.54) is 21.6 Å². The minimum absolute atomic E-state index is 0.979. The van der Waals surface area contributed by atoms with E-state index in [0.29, 0.717) is 0 Å². The van der Waals surface area contributed by atoms with Gasteiger partial charge in [0.1, 0.15) is 9.61 Å². The van der Waals surface area contributed by atoms with E-state index >= 15 is 0 Å². The van der Waals surface area contributed by atoms with E-state index in [2.05, 4.69) is 58.3 Å². The summed E-state index contributed by atoms with van der Waals surface area (Å²) < 4.78 is 0.985. The molecule has 0 aliphatic carbocycles. The van der Waals surface area contributed by atoms with Crippen molar-refractivity contribution in [1.82, 2.24) is 10.3 Å². The molecule has 1 N–H and O–H groups in total. The molecule has 2 rings (SSSR count). The maximum atomic E-state index is 4.64. The fourth-order valence-corrected chi connectivity index (χ4v) is 3.58. The molecule has 0 aliphatic heterocycles. The molecule has 0 saturated heterocycles. The van der Waals surface area contributed by atoms with Crippen LogP contribution in [0.4, 0.5) is 0 Å². The van der Waals surface area contributed by atoms with E-state index in [0.717, 1.165) is 22.6 Å². The van der Waals surface area contributed by atoms with Crippen molar-refractivity contribution >= 4 is 27.3 Å². The first-order valence-corrected chi connectivity index (χ1v) is 7.60. The fraction of sp³-hybridized carbons (Fsp3) is 0.357. The van der Waals surface area contributed by atoms with Gasteiger partial charge in [-0.05, 0) is 61.4 Å². The maximum absolute atomic E-state index is 4.64. The summed E-state index contributed by atoms with van der Waals surface area (Å²) in [5.41, 5.74) is 3.80. The van der Waals surface area contributed by atoms with Gasteiger partial charge < -0.3 is 5.32 Å². The first-order chi connectivity index (χ1) is 8.61. The number of halogens is 1. The molecule has 0 radical (unpaired) electrons. The number of benzene rings is 1. The Balaban J connectivity index is 2.36. The van der Waals surface area contributed by atoms with Crippen LogP contribution in [0.15, 0.2) is 22.8 Å². The molecular formula is C14H17BrN2S. The number of thiazole rings is 1. The highest BCUT2D eigenvalue weighted by Gasteiger charge is 2.12. The third-order valence-corrected chi connectivity index (χ3v) is 4.94. The summed E-state index contributed by atoms with van der Waals surface area (Å²) in [6.07, 6.45) is 1.01. The lowest BCUT2D eigenvalue weighted by molar-refractivity contribution is 0.796. The van der Waals surface area contributed by atoms with E-state index in [1.807, 2.05) is 7.05 Å². The standard InChI is InChI=1S/C14H17BrN2S/c1-9-4-5-10(2)11(8-9)14-17-13(15)12(18-14)6-7-16-3/h4-5,8,16H,6-7H2,1-3H3. The molecule has 18 heavy (non-hydrogen) atoms. The van der Waals surface area contributed by atoms with Crippen molar-refractivity contribution in [3.05, 3.63) is 38.8 Å². The zero-order valence-corrected chi connectivity index (χ0v) is 13.3. The summed E-state index contributed by atoms with van der Waals surface area (Å²) in [6, 6.07) is 6.51. The molecule has 4 heteroatoms. The van der Waals surface area contributed by atoms with Gasteiger partial charge in [0, 0.05) is 10.4 Å². The summed E-state index contributed by atoms with van der Waals surface area (Å²) in [4.78, 5) is 5.95. The molecule has 0 saturated carbocycles. The number of nitrogens with one attached hydrogen (secondary N) is 1. The van der Waals surface area contributed by atoms with E-state index in [1.54, 1.807) is 11.3 Å². The number of likely N-dealkylation sites (N-methyl/N-ethyl adjacent to an activating group) is 1. The Labute approximate surface area is 121 Å². The minimum atomic E-state index is 0.979. The second-order valence-electron chi connectivity index (χ2n) is 4.40. The van der Waals surface area contributed by atoms with Crippen molar-refractivity contribution in [3.8, 4) is 10.6 Å². The van der Waals surface area contributed by atoms with Gasteiger partial charge in [-0.2, -0.15) is 0 Å². The molecule has 0 bridgehead atoms. The monoisotopic (exact) mass is 324 g/mol. The molecular weight excluding hydrogens is 308 g/mol. The Morgan fingerprint density at radius 3 is 2.83 bits per heavy atom. The van der Waals surface area contributed by atoms with Crippen LogP contribution in [0.5, 0.6) is 0 Å². The van der Waals surface area contributed by atoms with Gasteiger partial charge in [0.25, 0.3) is 0 Å². The molecule has 96 valence electrons. The number of rotatable bonds is 4. The van der Waals surface area contributed by atoms with Crippen LogP contribution in [0.3, 0.4) is 0 Å². The molecule has 2 aromatic rings. The lowest BCUT2D eigenvalue weighted by Gasteiger charge is -2.03. The predicted octanol–water partition coefficient (Wildman–Crippen LogP) is 3.95. The second-order valence-corrected chi connectivity index (χ2v) is 6.24. The lowest BCUT2D eigenvalue weighted by Crippen LogP contribution is -2.09. The first-order valence-electron chi connectivity index (χ1n) is 5.99. The van der Waals surface area contributed by atoms with Crippen LogP contribution in [0.1, 0.15) is 16.0 Å². The zero-order valence-electron chi connectivity index (χ0n) is 10.9. The quantitative estimate of drug-likeness (QED) is 0.921. The molecule has 0 amide bonds. The molecule has 2 nitrogen and oxygen atoms in total. The van der Waals surface area contributed by atoms with Crippen molar-refractivity contribution in [1.29, 1.82) is 0 Å². The number of aromatic nitrogens is 1. The normalized spacial score (nSPS) is 10.9. The highest BCUT2D eigenvalue weighted by atomic mass is 79.9. The molecule has 0 spiro atoms. The predicted molar refractivity (Wildman–Crippen MR) is 82.4 cm³/mol. The van der Waals surface area contributed by atoms with E-state index in [-0.39, 0.29) is 0 Å². The van der Waals surface area contributed by atoms with Gasteiger partial charge in [-0.1, -0.05) is 17.7 Å². The van der Waals surface area contributed by atoms with Crippen LogP contribution < -0.4 is 5.32 Å². The van der Waals surface area contributed by atoms with Crippen LogP contribution >= 0.6 is 27.3 Å². The topological polar surface area (TPSA) is 24.9 Å². The SMILES string of the molecule is CNCCc1sc(-c2cc(C)ccc2C)nc1Br. The van der Waals surface area contributed by atoms with Crippen LogP contribution in [0.2, 0.25) is 0 Å². The molecule has 0 unspecified atom stereocenters. The van der Waals surface area contributed by atoms with Crippen LogP contribution in [-0.4, -0.2) is 18.6 Å². The zero-order chi connectivity index (χ0) is 13.1. The highest BCUT2D eigenvalue weighted by molar-refractivity contribution is 9.10. The molecule has 1 aromatic carbocycles. The van der Waals surface area contributed by atoms with Crippen molar-refractivity contribution in [2.75, 3.05) is 13.6 Å². The first kappa shape index (κ1) is 13.7. The lowest BCUT2D eigenvalue weighted by atomic mass is 10.1. The van der Waals surface area contributed by atoms with E-state index in [9.17, 15) is 0 Å². The van der Waals surface area contributed by atoms with Gasteiger partial charge in [-0.3, -0.25) is 0 Å². The Morgan fingerprint density at radius 2 is 2.11 bits per heavy atom. The molecule has 1 heterocycles. The van der Waals surface area contributed by atoms with Crippen LogP contribution in [0.25, 0.3) is 10.6 Å². The van der Waals surface area contributed by atoms with E-state index < -0.39 is 0 Å². The molecule has 0 aliphatic rings. The van der Waals surface area contributed by atoms with Crippen molar-refractivity contribution in [3.63, 3.8) is 0 Å². The number of aryl methyl sites for hydroxylation is 2. The van der Waals surface area contributed by atoms with Gasteiger partial charge in [-0.25, -0.2) is 4.98 Å². The number of hydrogen-bond donors (Lipinski definition) is 1. The van der Waals surface area contributed by atoms with Crippen molar-refractivity contribution < 1.29 is 0 Å². The third kappa shape index (κ3) is 2.99. The summed E-state index contributed by atoms with van der Waals surface area (Å²) >= 11 is 5.34. The smallest absolute Gasteiger partial charge is 0.125 e. The van der Waals surface area contributed by atoms with Gasteiger partial charge >= 0.3 is 0 Å². The van der Waals surface area contributed by atoms with E-state index in [4.69, 9.17) is 0 Å². The second kappa shape index (κ2) is 5.95. The summed E-state index contributed by atoms with van der Waals surface area (Å²) in [5, 5.41) is 4.28. The van der Waals surface area contributed by atoms with Crippen LogP contribution in [-0.2, 0) is 6.42 Å². The Kier molecular flexibility index (Phi) is 4.54. The third-order valence-electron chi connectivity index (χ3n) is 2.88. The Hall–Kier alpha value is -0.710. The van der Waals surface area contributed by atoms with Gasteiger partial charge in [0.2, 0.25) is 0 Å². The van der Waals surface area contributed by atoms with Gasteiger partial charge in [-0.15, -0.1) is 11.3 Å². The molecule has 1 aromatic heterocycles. The van der Waals surface area contributed by atoms with Gasteiger partial charge in [0.15, 0.2) is 0 Å². The minimum Gasteiger partial charge on any atom is -0.319 e. The summed E-state index contributed by atoms with van der Waals surface area (Å²) in [7, 11) is 1.97. The molecule has 0 atom stereocenters.